The van der Waals surface area contributed by atoms with E-state index in [9.17, 15) is 4.79 Å². The Balaban J connectivity index is 1.50. The van der Waals surface area contributed by atoms with E-state index in [4.69, 9.17) is 0 Å². The Bertz CT molecular complexity index is 679. The fourth-order valence-electron chi connectivity index (χ4n) is 3.09. The number of hydrogen-bond acceptors (Lipinski definition) is 4. The second-order valence-electron chi connectivity index (χ2n) is 6.39. The van der Waals surface area contributed by atoms with E-state index in [0.29, 0.717) is 6.04 Å². The second-order valence-corrected chi connectivity index (χ2v) is 6.39. The molecule has 1 aromatic heterocycles. The van der Waals surface area contributed by atoms with E-state index in [1.165, 1.54) is 0 Å². The lowest BCUT2D eigenvalue weighted by molar-refractivity contribution is -0.123. The van der Waals surface area contributed by atoms with E-state index < -0.39 is 0 Å². The van der Waals surface area contributed by atoms with Crippen molar-refractivity contribution in [1.82, 2.24) is 25.4 Å². The highest BCUT2D eigenvalue weighted by atomic mass is 16.2. The minimum absolute atomic E-state index is 0.0723. The summed E-state index contributed by atoms with van der Waals surface area (Å²) in [6, 6.07) is 10.2. The van der Waals surface area contributed by atoms with Crippen molar-refractivity contribution in [1.29, 1.82) is 0 Å². The molecule has 2 heterocycles. The molecule has 2 N–H and O–H groups in total. The third-order valence-electron chi connectivity index (χ3n) is 4.53. The summed E-state index contributed by atoms with van der Waals surface area (Å²) < 4.78 is 1.93. The van der Waals surface area contributed by atoms with Gasteiger partial charge < -0.3 is 5.32 Å². The van der Waals surface area contributed by atoms with Crippen molar-refractivity contribution in [2.24, 2.45) is 0 Å². The summed E-state index contributed by atoms with van der Waals surface area (Å²) in [5.41, 5.74) is 1.01. The molecule has 0 bridgehead atoms. The second kappa shape index (κ2) is 6.12. The molecule has 0 radical (unpaired) electrons. The van der Waals surface area contributed by atoms with Gasteiger partial charge in [-0.05, 0) is 24.8 Å². The van der Waals surface area contributed by atoms with E-state index >= 15 is 0 Å². The number of aromatic nitrogens is 3. The molecule has 1 fully saturated rings. The lowest BCUT2D eigenvalue weighted by Gasteiger charge is -2.28. The standard InChI is InChI=1S/C17H21N5O/c23-17(21-13-6-7-13)16(12-4-2-1-3-5-12)20-14-8-9-15-18-11-19-22(15)10-14/h1-5,11,13-14,16,20H,6-10H2,(H,21,23)/t14-,16+/m0/s1. The summed E-state index contributed by atoms with van der Waals surface area (Å²) in [6.45, 7) is 0.759. The molecule has 6 nitrogen and oxygen atoms in total. The molecule has 0 spiro atoms. The first-order valence-corrected chi connectivity index (χ1v) is 8.27. The zero-order chi connectivity index (χ0) is 15.6. The van der Waals surface area contributed by atoms with Gasteiger partial charge in [-0.1, -0.05) is 30.3 Å². The SMILES string of the molecule is O=C(NC1CC1)[C@H](N[C@H]1CCc2ncnn2C1)c1ccccc1. The number of nitrogens with zero attached hydrogens (tertiary/aromatic N) is 3. The van der Waals surface area contributed by atoms with Crippen LogP contribution < -0.4 is 10.6 Å². The number of carbonyl (C=O) groups excluding carboxylic acids is 1. The van der Waals surface area contributed by atoms with Crippen LogP contribution in [0.4, 0.5) is 0 Å². The topological polar surface area (TPSA) is 71.8 Å². The Morgan fingerprint density at radius 2 is 2.00 bits per heavy atom. The van der Waals surface area contributed by atoms with Crippen molar-refractivity contribution in [2.75, 3.05) is 0 Å². The van der Waals surface area contributed by atoms with Gasteiger partial charge in [-0.3, -0.25) is 10.1 Å². The molecule has 1 aliphatic heterocycles. The lowest BCUT2D eigenvalue weighted by atomic mass is 10.0. The molecule has 6 heteroatoms. The van der Waals surface area contributed by atoms with Crippen LogP contribution in [0.1, 0.15) is 36.7 Å². The molecule has 1 aromatic carbocycles. The summed E-state index contributed by atoms with van der Waals surface area (Å²) in [5.74, 6) is 1.10. The van der Waals surface area contributed by atoms with Crippen molar-refractivity contribution in [3.63, 3.8) is 0 Å². The molecule has 2 aliphatic rings. The van der Waals surface area contributed by atoms with Gasteiger partial charge in [0, 0.05) is 18.5 Å². The predicted octanol–water partition coefficient (Wildman–Crippen LogP) is 1.20. The normalized spacial score (nSPS) is 21.5. The van der Waals surface area contributed by atoms with Crippen LogP contribution in [0.25, 0.3) is 0 Å². The van der Waals surface area contributed by atoms with Crippen LogP contribution in [0.5, 0.6) is 0 Å². The minimum atomic E-state index is -0.313. The average Bonchev–Trinajstić information content (AvgIpc) is 3.27. The first kappa shape index (κ1) is 14.4. The van der Waals surface area contributed by atoms with Gasteiger partial charge in [-0.15, -0.1) is 0 Å². The highest BCUT2D eigenvalue weighted by molar-refractivity contribution is 5.83. The van der Waals surface area contributed by atoms with Crippen LogP contribution in [0.15, 0.2) is 36.7 Å². The van der Waals surface area contributed by atoms with Crippen molar-refractivity contribution >= 4 is 5.91 Å². The molecule has 1 aliphatic carbocycles. The van der Waals surface area contributed by atoms with Gasteiger partial charge >= 0.3 is 0 Å². The van der Waals surface area contributed by atoms with Gasteiger partial charge in [0.2, 0.25) is 5.91 Å². The number of benzene rings is 1. The maximum atomic E-state index is 12.7. The summed E-state index contributed by atoms with van der Waals surface area (Å²) in [5, 5.41) is 10.9. The molecule has 4 rings (SSSR count). The highest BCUT2D eigenvalue weighted by Gasteiger charge is 2.30. The Morgan fingerprint density at radius 1 is 1.17 bits per heavy atom. The number of aryl methyl sites for hydroxylation is 1. The molecule has 120 valence electrons. The molecule has 0 unspecified atom stereocenters. The number of carbonyl (C=O) groups is 1. The van der Waals surface area contributed by atoms with Crippen LogP contribution in [0, 0.1) is 0 Å². The molecule has 2 aromatic rings. The first-order chi connectivity index (χ1) is 11.3. The van der Waals surface area contributed by atoms with Crippen LogP contribution in [-0.4, -0.2) is 32.8 Å². The van der Waals surface area contributed by atoms with Crippen molar-refractivity contribution in [3.8, 4) is 0 Å². The molecular weight excluding hydrogens is 290 g/mol. The van der Waals surface area contributed by atoms with Crippen LogP contribution in [0.2, 0.25) is 0 Å². The third-order valence-corrected chi connectivity index (χ3v) is 4.53. The summed E-state index contributed by atoms with van der Waals surface area (Å²) in [4.78, 5) is 16.9. The number of amides is 1. The van der Waals surface area contributed by atoms with Gasteiger partial charge in [0.25, 0.3) is 0 Å². The maximum Gasteiger partial charge on any atom is 0.241 e. The Labute approximate surface area is 135 Å². The van der Waals surface area contributed by atoms with Crippen LogP contribution in [-0.2, 0) is 17.8 Å². The van der Waals surface area contributed by atoms with E-state index in [1.54, 1.807) is 6.33 Å². The smallest absolute Gasteiger partial charge is 0.241 e. The monoisotopic (exact) mass is 311 g/mol. The largest absolute Gasteiger partial charge is 0.352 e. The molecule has 1 saturated carbocycles. The maximum absolute atomic E-state index is 12.7. The number of nitrogens with one attached hydrogen (secondary N) is 2. The Hall–Kier alpha value is -2.21. The Kier molecular flexibility index (Phi) is 3.83. The summed E-state index contributed by atoms with van der Waals surface area (Å²) >= 11 is 0. The van der Waals surface area contributed by atoms with Crippen molar-refractivity contribution in [2.45, 2.75) is 50.4 Å². The average molecular weight is 311 g/mol. The van der Waals surface area contributed by atoms with Crippen LogP contribution >= 0.6 is 0 Å². The van der Waals surface area contributed by atoms with Crippen molar-refractivity contribution < 1.29 is 4.79 Å². The van der Waals surface area contributed by atoms with E-state index in [0.717, 1.165) is 43.6 Å². The lowest BCUT2D eigenvalue weighted by Crippen LogP contribution is -2.46. The van der Waals surface area contributed by atoms with Gasteiger partial charge in [-0.25, -0.2) is 9.67 Å². The van der Waals surface area contributed by atoms with Crippen molar-refractivity contribution in [3.05, 3.63) is 48.0 Å². The molecule has 2 atom stereocenters. The van der Waals surface area contributed by atoms with Gasteiger partial charge in [-0.2, -0.15) is 5.10 Å². The highest BCUT2D eigenvalue weighted by Crippen LogP contribution is 2.22. The quantitative estimate of drug-likeness (QED) is 0.870. The van der Waals surface area contributed by atoms with E-state index in [-0.39, 0.29) is 18.0 Å². The molecule has 0 saturated heterocycles. The van der Waals surface area contributed by atoms with Gasteiger partial charge in [0.05, 0.1) is 6.54 Å². The minimum Gasteiger partial charge on any atom is -0.352 e. The fourth-order valence-corrected chi connectivity index (χ4v) is 3.09. The number of fused-ring (bicyclic) bond motifs is 1. The predicted molar refractivity (Wildman–Crippen MR) is 85.6 cm³/mol. The fraction of sp³-hybridized carbons (Fsp3) is 0.471. The molecule has 1 amide bonds. The zero-order valence-corrected chi connectivity index (χ0v) is 13.0. The summed E-state index contributed by atoms with van der Waals surface area (Å²) in [7, 11) is 0. The van der Waals surface area contributed by atoms with Gasteiger partial charge in [0.1, 0.15) is 18.2 Å². The molecule has 23 heavy (non-hydrogen) atoms. The zero-order valence-electron chi connectivity index (χ0n) is 13.0. The van der Waals surface area contributed by atoms with Crippen LogP contribution in [0.3, 0.4) is 0 Å². The van der Waals surface area contributed by atoms with Gasteiger partial charge in [0.15, 0.2) is 0 Å². The number of rotatable bonds is 5. The molecular formula is C17H21N5O. The van der Waals surface area contributed by atoms with E-state index in [2.05, 4.69) is 20.7 Å². The summed E-state index contributed by atoms with van der Waals surface area (Å²) in [6.07, 6.45) is 5.66. The third kappa shape index (κ3) is 3.27. The Morgan fingerprint density at radius 3 is 2.78 bits per heavy atom. The number of hydrogen-bond donors (Lipinski definition) is 2. The first-order valence-electron chi connectivity index (χ1n) is 8.27. The van der Waals surface area contributed by atoms with E-state index in [1.807, 2.05) is 35.0 Å².